The lowest BCUT2D eigenvalue weighted by Crippen LogP contribution is -2.42. The first kappa shape index (κ1) is 19.3. The minimum absolute atomic E-state index is 0.100. The molecule has 1 aliphatic rings. The van der Waals surface area contributed by atoms with Crippen LogP contribution < -0.4 is 20.4 Å². The fourth-order valence-corrected chi connectivity index (χ4v) is 2.98. The Bertz CT molecular complexity index is 979. The molecule has 146 valence electrons. The fourth-order valence-electron chi connectivity index (χ4n) is 2.98. The van der Waals surface area contributed by atoms with Crippen LogP contribution in [0.25, 0.3) is 11.1 Å². The molecule has 8 heteroatoms. The molecule has 1 saturated heterocycles. The molecule has 1 heterocycles. The van der Waals surface area contributed by atoms with Gasteiger partial charge in [0.1, 0.15) is 12.4 Å². The summed E-state index contributed by atoms with van der Waals surface area (Å²) in [5, 5.41) is 2.63. The highest BCUT2D eigenvalue weighted by atomic mass is 19.1. The van der Waals surface area contributed by atoms with Gasteiger partial charge in [0.2, 0.25) is 11.3 Å². The molecular weight excluding hydrogens is 367 g/mol. The van der Waals surface area contributed by atoms with Crippen LogP contribution in [0, 0.1) is 5.82 Å². The minimum atomic E-state index is -0.602. The van der Waals surface area contributed by atoms with Gasteiger partial charge < -0.3 is 14.8 Å². The Labute approximate surface area is 160 Å². The van der Waals surface area contributed by atoms with E-state index in [-0.39, 0.29) is 35.8 Å². The van der Waals surface area contributed by atoms with Gasteiger partial charge in [0, 0.05) is 19.0 Å². The fraction of sp³-hybridized carbons (Fsp3) is 0.250. The number of rotatable bonds is 5. The number of hydrogen-bond donors (Lipinski definition) is 1. The molecule has 0 spiro atoms. The van der Waals surface area contributed by atoms with Gasteiger partial charge >= 0.3 is 6.09 Å². The number of amides is 2. The second-order valence-corrected chi connectivity index (χ2v) is 6.26. The van der Waals surface area contributed by atoms with E-state index < -0.39 is 18.0 Å². The van der Waals surface area contributed by atoms with Gasteiger partial charge in [-0.3, -0.25) is 14.5 Å². The first-order valence-corrected chi connectivity index (χ1v) is 8.59. The van der Waals surface area contributed by atoms with Crippen molar-refractivity contribution in [1.82, 2.24) is 5.32 Å². The van der Waals surface area contributed by atoms with Crippen LogP contribution >= 0.6 is 0 Å². The quantitative estimate of drug-likeness (QED) is 0.853. The van der Waals surface area contributed by atoms with E-state index in [1.54, 1.807) is 12.1 Å². The molecule has 0 aromatic heterocycles. The second-order valence-electron chi connectivity index (χ2n) is 6.26. The van der Waals surface area contributed by atoms with Crippen LogP contribution in [-0.4, -0.2) is 38.3 Å². The third-order valence-electron chi connectivity index (χ3n) is 4.38. The van der Waals surface area contributed by atoms with Gasteiger partial charge in [0.05, 0.1) is 18.8 Å². The van der Waals surface area contributed by atoms with Gasteiger partial charge in [0.15, 0.2) is 5.75 Å². The highest BCUT2D eigenvalue weighted by Crippen LogP contribution is 2.29. The predicted molar refractivity (Wildman–Crippen MR) is 101 cm³/mol. The third-order valence-corrected chi connectivity index (χ3v) is 4.38. The highest BCUT2D eigenvalue weighted by molar-refractivity contribution is 5.91. The van der Waals surface area contributed by atoms with Crippen molar-refractivity contribution in [3.8, 4) is 16.9 Å². The largest absolute Gasteiger partial charge is 0.493 e. The molecular formula is C20H19FN2O5. The number of nitrogens with one attached hydrogen (secondary N) is 1. The van der Waals surface area contributed by atoms with Crippen molar-refractivity contribution in [2.75, 3.05) is 25.2 Å². The van der Waals surface area contributed by atoms with Crippen molar-refractivity contribution in [1.29, 1.82) is 0 Å². The topological polar surface area (TPSA) is 84.9 Å². The molecule has 1 fully saturated rings. The number of carbonyl (C=O) groups is 2. The monoisotopic (exact) mass is 386 g/mol. The Balaban J connectivity index is 1.92. The standard InChI is InChI=1S/C20H19FN2O5/c1-12(24)22-10-15-11-28-20(26)23(15)14-5-6-16(17(21)9-14)13-3-7-18(25)19(27-2)8-4-13/h3-9,15H,10-11H2,1-2H3,(H,22,24). The van der Waals surface area contributed by atoms with Crippen LogP contribution in [0.3, 0.4) is 0 Å². The summed E-state index contributed by atoms with van der Waals surface area (Å²) in [6.45, 7) is 1.67. The summed E-state index contributed by atoms with van der Waals surface area (Å²) in [6, 6.07) is 9.80. The number of carbonyl (C=O) groups excluding carboxylic acids is 2. The van der Waals surface area contributed by atoms with E-state index in [2.05, 4.69) is 5.32 Å². The van der Waals surface area contributed by atoms with Gasteiger partial charge in [-0.2, -0.15) is 0 Å². The van der Waals surface area contributed by atoms with Crippen molar-refractivity contribution in [3.05, 3.63) is 58.5 Å². The number of benzene rings is 1. The maximum absolute atomic E-state index is 14.8. The van der Waals surface area contributed by atoms with Gasteiger partial charge in [-0.15, -0.1) is 0 Å². The molecule has 2 aromatic carbocycles. The van der Waals surface area contributed by atoms with Crippen molar-refractivity contribution in [2.24, 2.45) is 0 Å². The number of ether oxygens (including phenoxy) is 2. The Morgan fingerprint density at radius 3 is 2.68 bits per heavy atom. The normalized spacial score (nSPS) is 15.9. The van der Waals surface area contributed by atoms with Crippen LogP contribution in [0.5, 0.6) is 5.75 Å². The molecule has 0 aliphatic carbocycles. The van der Waals surface area contributed by atoms with Crippen LogP contribution in [0.4, 0.5) is 14.9 Å². The Morgan fingerprint density at radius 1 is 1.25 bits per heavy atom. The summed E-state index contributed by atoms with van der Waals surface area (Å²) in [5.74, 6) is -0.636. The zero-order valence-corrected chi connectivity index (χ0v) is 15.4. The molecule has 7 nitrogen and oxygen atoms in total. The Morgan fingerprint density at radius 2 is 2.00 bits per heavy atom. The van der Waals surface area contributed by atoms with E-state index in [0.717, 1.165) is 0 Å². The van der Waals surface area contributed by atoms with Gasteiger partial charge in [-0.25, -0.2) is 9.18 Å². The molecule has 3 rings (SSSR count). The van der Waals surface area contributed by atoms with E-state index in [1.807, 2.05) is 0 Å². The molecule has 1 atom stereocenters. The van der Waals surface area contributed by atoms with Gasteiger partial charge in [0.25, 0.3) is 0 Å². The average Bonchev–Trinajstić information content (AvgIpc) is 2.92. The summed E-state index contributed by atoms with van der Waals surface area (Å²) in [5.41, 5.74) is 0.767. The lowest BCUT2D eigenvalue weighted by molar-refractivity contribution is -0.119. The van der Waals surface area contributed by atoms with E-state index in [9.17, 15) is 18.8 Å². The molecule has 1 N–H and O–H groups in total. The van der Waals surface area contributed by atoms with E-state index in [0.29, 0.717) is 11.3 Å². The van der Waals surface area contributed by atoms with Crippen LogP contribution in [0.2, 0.25) is 0 Å². The maximum atomic E-state index is 14.8. The highest BCUT2D eigenvalue weighted by Gasteiger charge is 2.34. The van der Waals surface area contributed by atoms with Crippen LogP contribution in [0.1, 0.15) is 6.92 Å². The summed E-state index contributed by atoms with van der Waals surface area (Å²) < 4.78 is 24.8. The Hall–Kier alpha value is -3.42. The van der Waals surface area contributed by atoms with Gasteiger partial charge in [-0.05, 0) is 35.9 Å². The number of hydrogen-bond acceptors (Lipinski definition) is 5. The third kappa shape index (κ3) is 3.95. The SMILES string of the molecule is COc1ccc(-c2ccc(N3C(=O)OCC3CNC(C)=O)cc2F)ccc1=O. The number of cyclic esters (lactones) is 1. The first-order chi connectivity index (χ1) is 13.4. The molecule has 1 unspecified atom stereocenters. The second kappa shape index (κ2) is 8.08. The molecule has 0 bridgehead atoms. The van der Waals surface area contributed by atoms with Crippen molar-refractivity contribution in [3.63, 3.8) is 0 Å². The Kier molecular flexibility index (Phi) is 5.58. The average molecular weight is 386 g/mol. The van der Waals surface area contributed by atoms with Crippen LogP contribution in [0.15, 0.2) is 47.3 Å². The van der Waals surface area contributed by atoms with Crippen molar-refractivity contribution < 1.29 is 23.5 Å². The van der Waals surface area contributed by atoms with Crippen molar-refractivity contribution >= 4 is 17.7 Å². The lowest BCUT2D eigenvalue weighted by atomic mass is 10.1. The van der Waals surface area contributed by atoms with E-state index in [1.165, 1.54) is 49.3 Å². The summed E-state index contributed by atoms with van der Waals surface area (Å²) in [6.07, 6.45) is -0.602. The number of anilines is 1. The molecule has 0 saturated carbocycles. The zero-order chi connectivity index (χ0) is 20.3. The lowest BCUT2D eigenvalue weighted by Gasteiger charge is -2.22. The molecule has 28 heavy (non-hydrogen) atoms. The molecule has 0 radical (unpaired) electrons. The predicted octanol–water partition coefficient (Wildman–Crippen LogP) is 2.32. The van der Waals surface area contributed by atoms with E-state index >= 15 is 0 Å². The minimum Gasteiger partial charge on any atom is -0.493 e. The first-order valence-electron chi connectivity index (χ1n) is 8.59. The van der Waals surface area contributed by atoms with E-state index in [4.69, 9.17) is 9.47 Å². The molecule has 2 aromatic rings. The zero-order valence-electron chi connectivity index (χ0n) is 15.4. The molecule has 1 aliphatic heterocycles. The summed E-state index contributed by atoms with van der Waals surface area (Å²) in [7, 11) is 1.39. The van der Waals surface area contributed by atoms with Crippen LogP contribution in [-0.2, 0) is 9.53 Å². The summed E-state index contributed by atoms with van der Waals surface area (Å²) in [4.78, 5) is 36.3. The number of methoxy groups -OCH3 is 1. The summed E-state index contributed by atoms with van der Waals surface area (Å²) >= 11 is 0. The smallest absolute Gasteiger partial charge is 0.414 e. The number of nitrogens with zero attached hydrogens (tertiary/aromatic N) is 1. The van der Waals surface area contributed by atoms with Gasteiger partial charge in [-0.1, -0.05) is 12.1 Å². The van der Waals surface area contributed by atoms with Crippen molar-refractivity contribution in [2.45, 2.75) is 13.0 Å². The maximum Gasteiger partial charge on any atom is 0.414 e. The molecule has 2 amide bonds. The number of halogens is 1.